The van der Waals surface area contributed by atoms with E-state index in [9.17, 15) is 15.3 Å². The Kier molecular flexibility index (Phi) is 3.56. The van der Waals surface area contributed by atoms with E-state index in [4.69, 9.17) is 4.74 Å². The quantitative estimate of drug-likeness (QED) is 0.652. The van der Waals surface area contributed by atoms with Crippen molar-refractivity contribution in [2.75, 3.05) is 6.61 Å². The molecule has 1 fully saturated rings. The lowest BCUT2D eigenvalue weighted by Gasteiger charge is -2.27. The summed E-state index contributed by atoms with van der Waals surface area (Å²) >= 11 is 0. The summed E-state index contributed by atoms with van der Waals surface area (Å²) in [6, 6.07) is 0. The lowest BCUT2D eigenvalue weighted by molar-refractivity contribution is -0.0771. The minimum absolute atomic E-state index is 0.439. The molecule has 22 heavy (non-hydrogen) atoms. The van der Waals surface area contributed by atoms with Crippen molar-refractivity contribution in [1.82, 2.24) is 19.5 Å². The van der Waals surface area contributed by atoms with Gasteiger partial charge in [-0.15, -0.1) is 5.73 Å². The van der Waals surface area contributed by atoms with Gasteiger partial charge in [-0.25, -0.2) is 15.0 Å². The lowest BCUT2D eigenvalue weighted by Crippen LogP contribution is -2.45. The molecule has 0 radical (unpaired) electrons. The van der Waals surface area contributed by atoms with Gasteiger partial charge in [-0.2, -0.15) is 0 Å². The topological polar surface area (TPSA) is 114 Å². The SMILES string of the molecule is C=C=C[C@@]1(O)[C@H](O)[C@@H](CO)O[C@H]1n1cnc2c(C)ncnc21. The molecule has 4 atom stereocenters. The van der Waals surface area contributed by atoms with Crippen LogP contribution in [-0.4, -0.2) is 59.3 Å². The molecule has 2 aromatic heterocycles. The summed E-state index contributed by atoms with van der Waals surface area (Å²) in [7, 11) is 0. The van der Waals surface area contributed by atoms with Gasteiger partial charge < -0.3 is 20.1 Å². The number of aromatic nitrogens is 4. The van der Waals surface area contributed by atoms with Crippen LogP contribution in [0, 0.1) is 6.92 Å². The first-order valence-electron chi connectivity index (χ1n) is 6.70. The molecule has 1 saturated heterocycles. The van der Waals surface area contributed by atoms with Gasteiger partial charge >= 0.3 is 0 Å². The summed E-state index contributed by atoms with van der Waals surface area (Å²) in [4.78, 5) is 12.4. The molecule has 0 spiro atoms. The number of aryl methyl sites for hydroxylation is 1. The maximum Gasteiger partial charge on any atom is 0.172 e. The highest BCUT2D eigenvalue weighted by atomic mass is 16.6. The molecular formula is C14H16N4O4. The first-order valence-corrected chi connectivity index (χ1v) is 6.70. The van der Waals surface area contributed by atoms with E-state index in [1.54, 1.807) is 6.92 Å². The minimum atomic E-state index is -1.80. The maximum atomic E-state index is 10.8. The minimum Gasteiger partial charge on any atom is -0.394 e. The fraction of sp³-hybridized carbons (Fsp3) is 0.429. The van der Waals surface area contributed by atoms with Crippen molar-refractivity contribution < 1.29 is 20.1 Å². The van der Waals surface area contributed by atoms with Crippen molar-refractivity contribution in [3.63, 3.8) is 0 Å². The van der Waals surface area contributed by atoms with Crippen LogP contribution in [0.2, 0.25) is 0 Å². The maximum absolute atomic E-state index is 10.8. The first-order chi connectivity index (χ1) is 10.5. The Morgan fingerprint density at radius 3 is 2.95 bits per heavy atom. The lowest BCUT2D eigenvalue weighted by atomic mass is 9.94. The summed E-state index contributed by atoms with van der Waals surface area (Å²) in [5.74, 6) is 0. The van der Waals surface area contributed by atoms with E-state index >= 15 is 0 Å². The molecule has 0 aromatic carbocycles. The number of fused-ring (bicyclic) bond motifs is 1. The normalized spacial score (nSPS) is 31.4. The number of hydrogen-bond donors (Lipinski definition) is 3. The Morgan fingerprint density at radius 2 is 2.27 bits per heavy atom. The van der Waals surface area contributed by atoms with Crippen molar-refractivity contribution in [3.05, 3.63) is 36.7 Å². The number of aliphatic hydroxyl groups is 3. The van der Waals surface area contributed by atoms with Gasteiger partial charge in [0.15, 0.2) is 17.5 Å². The summed E-state index contributed by atoms with van der Waals surface area (Å²) in [5, 5.41) is 30.3. The molecule has 116 valence electrons. The molecule has 3 heterocycles. The third-order valence-corrected chi connectivity index (χ3v) is 3.83. The van der Waals surface area contributed by atoms with Crippen molar-refractivity contribution in [2.45, 2.75) is 31.0 Å². The number of nitrogens with zero attached hydrogens (tertiary/aromatic N) is 4. The molecule has 0 unspecified atom stereocenters. The molecule has 0 saturated carbocycles. The van der Waals surface area contributed by atoms with E-state index in [0.717, 1.165) is 0 Å². The monoisotopic (exact) mass is 304 g/mol. The van der Waals surface area contributed by atoms with Gasteiger partial charge in [-0.1, -0.05) is 6.58 Å². The van der Waals surface area contributed by atoms with E-state index < -0.39 is 30.6 Å². The van der Waals surface area contributed by atoms with Gasteiger partial charge in [0, 0.05) is 0 Å². The van der Waals surface area contributed by atoms with E-state index in [0.29, 0.717) is 16.9 Å². The summed E-state index contributed by atoms with van der Waals surface area (Å²) < 4.78 is 7.09. The van der Waals surface area contributed by atoms with Crippen LogP contribution in [-0.2, 0) is 4.74 Å². The van der Waals surface area contributed by atoms with Gasteiger partial charge in [-0.3, -0.25) is 4.57 Å². The molecule has 8 heteroatoms. The highest BCUT2D eigenvalue weighted by molar-refractivity contribution is 5.72. The zero-order valence-electron chi connectivity index (χ0n) is 11.9. The van der Waals surface area contributed by atoms with Crippen molar-refractivity contribution >= 4 is 11.2 Å². The summed E-state index contributed by atoms with van der Waals surface area (Å²) in [6.45, 7) is 4.78. The van der Waals surface area contributed by atoms with E-state index in [2.05, 4.69) is 27.3 Å². The van der Waals surface area contributed by atoms with Gasteiger partial charge in [-0.05, 0) is 13.0 Å². The van der Waals surface area contributed by atoms with Crippen LogP contribution in [0.5, 0.6) is 0 Å². The van der Waals surface area contributed by atoms with E-state index in [-0.39, 0.29) is 0 Å². The van der Waals surface area contributed by atoms with E-state index in [1.807, 2.05) is 0 Å². The second kappa shape index (κ2) is 5.28. The average molecular weight is 304 g/mol. The standard InChI is InChI=1S/C14H16N4O4/c1-3-4-14(21)11(20)9(5-19)22-13(14)18-7-17-10-8(2)15-6-16-12(10)18/h4,6-7,9,11,13,19-21H,1,5H2,2H3/t9-,11-,13-,14-/m1/s1. The number of hydrogen-bond acceptors (Lipinski definition) is 7. The van der Waals surface area contributed by atoms with Gasteiger partial charge in [0.2, 0.25) is 0 Å². The Bertz CT molecular complexity index is 754. The van der Waals surface area contributed by atoms with Crippen LogP contribution >= 0.6 is 0 Å². The smallest absolute Gasteiger partial charge is 0.172 e. The highest BCUT2D eigenvalue weighted by Crippen LogP contribution is 2.40. The molecule has 0 amide bonds. The molecule has 0 bridgehead atoms. The Hall–Kier alpha value is -2.09. The zero-order valence-corrected chi connectivity index (χ0v) is 11.9. The molecule has 2 aromatic rings. The molecule has 8 nitrogen and oxygen atoms in total. The van der Waals surface area contributed by atoms with Gasteiger partial charge in [0.1, 0.15) is 24.1 Å². The number of aliphatic hydroxyl groups excluding tert-OH is 2. The number of ether oxygens (including phenoxy) is 1. The first kappa shape index (κ1) is 14.8. The molecular weight excluding hydrogens is 288 g/mol. The second-order valence-corrected chi connectivity index (χ2v) is 5.17. The number of imidazole rings is 1. The largest absolute Gasteiger partial charge is 0.394 e. The molecule has 3 N–H and O–H groups in total. The highest BCUT2D eigenvalue weighted by Gasteiger charge is 2.55. The van der Waals surface area contributed by atoms with Crippen molar-refractivity contribution in [2.24, 2.45) is 0 Å². The van der Waals surface area contributed by atoms with E-state index in [1.165, 1.54) is 23.3 Å². The molecule has 0 aliphatic carbocycles. The van der Waals surface area contributed by atoms with Crippen LogP contribution in [0.3, 0.4) is 0 Å². The van der Waals surface area contributed by atoms with Gasteiger partial charge in [0.05, 0.1) is 18.6 Å². The van der Waals surface area contributed by atoms with Crippen LogP contribution in [0.4, 0.5) is 0 Å². The van der Waals surface area contributed by atoms with Crippen molar-refractivity contribution in [1.29, 1.82) is 0 Å². The van der Waals surface area contributed by atoms with Gasteiger partial charge in [0.25, 0.3) is 0 Å². The summed E-state index contributed by atoms with van der Waals surface area (Å²) in [5.41, 5.74) is 2.37. The zero-order chi connectivity index (χ0) is 15.9. The molecule has 3 rings (SSSR count). The van der Waals surface area contributed by atoms with Crippen LogP contribution in [0.15, 0.2) is 31.0 Å². The van der Waals surface area contributed by atoms with Crippen LogP contribution < -0.4 is 0 Å². The fourth-order valence-corrected chi connectivity index (χ4v) is 2.68. The van der Waals surface area contributed by atoms with Crippen LogP contribution in [0.25, 0.3) is 11.2 Å². The third-order valence-electron chi connectivity index (χ3n) is 3.83. The Morgan fingerprint density at radius 1 is 1.50 bits per heavy atom. The predicted molar refractivity (Wildman–Crippen MR) is 75.7 cm³/mol. The molecule has 1 aliphatic rings. The van der Waals surface area contributed by atoms with Crippen molar-refractivity contribution in [3.8, 4) is 0 Å². The Balaban J connectivity index is 2.16. The summed E-state index contributed by atoms with van der Waals surface area (Å²) in [6.07, 6.45) is 0.751. The number of rotatable bonds is 3. The predicted octanol–water partition coefficient (Wildman–Crippen LogP) is -0.542. The second-order valence-electron chi connectivity index (χ2n) is 5.17. The Labute approximate surface area is 126 Å². The van der Waals surface area contributed by atoms with Crippen LogP contribution in [0.1, 0.15) is 11.9 Å². The molecule has 1 aliphatic heterocycles. The third kappa shape index (κ3) is 1.98. The fourth-order valence-electron chi connectivity index (χ4n) is 2.68. The average Bonchev–Trinajstić information content (AvgIpc) is 3.02.